The van der Waals surface area contributed by atoms with E-state index >= 15 is 0 Å². The van der Waals surface area contributed by atoms with Gasteiger partial charge < -0.3 is 5.43 Å². The Morgan fingerprint density at radius 1 is 1.39 bits per heavy atom. The number of hydrogen-bond donors (Lipinski definition) is 2. The zero-order valence-corrected chi connectivity index (χ0v) is 11.7. The first kappa shape index (κ1) is 13.6. The van der Waals surface area contributed by atoms with Crippen molar-refractivity contribution in [2.75, 3.05) is 5.43 Å². The normalized spacial score (nSPS) is 25.1. The zero-order valence-electron chi connectivity index (χ0n) is 11.0. The molecule has 100 valence electrons. The minimum absolute atomic E-state index is 0.584. The summed E-state index contributed by atoms with van der Waals surface area (Å²) in [4.78, 5) is 6.91. The van der Waals surface area contributed by atoms with Crippen molar-refractivity contribution in [2.24, 2.45) is 5.84 Å². The molecule has 2 rings (SSSR count). The van der Waals surface area contributed by atoms with Crippen LogP contribution in [0, 0.1) is 0 Å². The molecule has 1 aliphatic heterocycles. The Labute approximate surface area is 113 Å². The first-order valence-corrected chi connectivity index (χ1v) is 6.87. The fourth-order valence-corrected chi connectivity index (χ4v) is 2.80. The lowest BCUT2D eigenvalue weighted by Crippen LogP contribution is -2.43. The number of nitrogens with two attached hydrogens (primary N) is 1. The van der Waals surface area contributed by atoms with Crippen LogP contribution in [-0.4, -0.2) is 22.0 Å². The molecule has 4 nitrogen and oxygen atoms in total. The molecule has 0 bridgehead atoms. The highest BCUT2D eigenvalue weighted by molar-refractivity contribution is 6.31. The molecule has 0 amide bonds. The van der Waals surface area contributed by atoms with Crippen LogP contribution in [0.25, 0.3) is 0 Å². The van der Waals surface area contributed by atoms with Gasteiger partial charge in [0.1, 0.15) is 5.82 Å². The molecule has 2 atom stereocenters. The molecule has 0 radical (unpaired) electrons. The van der Waals surface area contributed by atoms with Gasteiger partial charge in [-0.15, -0.1) is 0 Å². The summed E-state index contributed by atoms with van der Waals surface area (Å²) >= 11 is 6.21. The van der Waals surface area contributed by atoms with Crippen LogP contribution in [0.2, 0.25) is 5.02 Å². The third kappa shape index (κ3) is 2.94. The number of nitrogen functional groups attached to an aromatic ring is 1. The molecular weight excluding hydrogens is 248 g/mol. The minimum Gasteiger partial charge on any atom is -0.308 e. The highest BCUT2D eigenvalue weighted by Crippen LogP contribution is 2.26. The molecule has 1 aliphatic rings. The maximum Gasteiger partial charge on any atom is 0.140 e. The van der Waals surface area contributed by atoms with Gasteiger partial charge in [-0.3, -0.25) is 4.90 Å². The summed E-state index contributed by atoms with van der Waals surface area (Å²) in [6.07, 6.45) is 3.80. The lowest BCUT2D eigenvalue weighted by Gasteiger charge is -2.38. The average Bonchev–Trinajstić information content (AvgIpc) is 2.36. The molecule has 1 saturated heterocycles. The second-order valence-electron chi connectivity index (χ2n) is 5.07. The predicted molar refractivity (Wildman–Crippen MR) is 75.4 cm³/mol. The second-order valence-corrected chi connectivity index (χ2v) is 5.48. The summed E-state index contributed by atoms with van der Waals surface area (Å²) in [6, 6.07) is 4.80. The van der Waals surface area contributed by atoms with E-state index in [1.54, 1.807) is 6.07 Å². The van der Waals surface area contributed by atoms with E-state index < -0.39 is 0 Å². The van der Waals surface area contributed by atoms with E-state index in [-0.39, 0.29) is 0 Å². The number of hydrogen-bond acceptors (Lipinski definition) is 4. The molecule has 1 aromatic heterocycles. The van der Waals surface area contributed by atoms with Crippen molar-refractivity contribution in [3.05, 3.63) is 22.8 Å². The number of pyridine rings is 1. The number of aromatic nitrogens is 1. The molecule has 18 heavy (non-hydrogen) atoms. The van der Waals surface area contributed by atoms with Crippen LogP contribution in [0.5, 0.6) is 0 Å². The van der Waals surface area contributed by atoms with E-state index in [4.69, 9.17) is 17.4 Å². The maximum atomic E-state index is 6.21. The average molecular weight is 269 g/mol. The van der Waals surface area contributed by atoms with E-state index in [2.05, 4.69) is 29.2 Å². The Bertz CT molecular complexity index is 400. The molecule has 0 saturated carbocycles. The number of nitrogens with one attached hydrogen (secondary N) is 1. The molecule has 1 aromatic rings. The number of hydrazine groups is 1. The number of likely N-dealkylation sites (tertiary alicyclic amines) is 1. The first-order chi connectivity index (χ1) is 8.61. The highest BCUT2D eigenvalue weighted by atomic mass is 35.5. The zero-order chi connectivity index (χ0) is 13.1. The Hall–Kier alpha value is -0.840. The van der Waals surface area contributed by atoms with E-state index in [0.717, 1.165) is 12.2 Å². The first-order valence-electron chi connectivity index (χ1n) is 6.49. The van der Waals surface area contributed by atoms with Crippen LogP contribution in [-0.2, 0) is 6.54 Å². The topological polar surface area (TPSA) is 54.2 Å². The van der Waals surface area contributed by atoms with Crippen molar-refractivity contribution in [1.29, 1.82) is 0 Å². The van der Waals surface area contributed by atoms with E-state index in [1.165, 1.54) is 19.3 Å². The molecule has 0 unspecified atom stereocenters. The van der Waals surface area contributed by atoms with E-state index in [0.29, 0.717) is 22.9 Å². The van der Waals surface area contributed by atoms with Gasteiger partial charge in [0, 0.05) is 18.6 Å². The quantitative estimate of drug-likeness (QED) is 0.654. The number of anilines is 1. The van der Waals surface area contributed by atoms with Gasteiger partial charge in [0.2, 0.25) is 0 Å². The van der Waals surface area contributed by atoms with Crippen molar-refractivity contribution < 1.29 is 0 Å². The van der Waals surface area contributed by atoms with Crippen molar-refractivity contribution in [3.8, 4) is 0 Å². The minimum atomic E-state index is 0.584. The van der Waals surface area contributed by atoms with Gasteiger partial charge in [0.25, 0.3) is 0 Å². The fourth-order valence-electron chi connectivity index (χ4n) is 2.63. The third-order valence-electron chi connectivity index (χ3n) is 3.77. The summed E-state index contributed by atoms with van der Waals surface area (Å²) in [5.74, 6) is 6.05. The van der Waals surface area contributed by atoms with Gasteiger partial charge in [-0.1, -0.05) is 18.0 Å². The third-order valence-corrected chi connectivity index (χ3v) is 4.12. The molecular formula is C13H21ClN4. The van der Waals surface area contributed by atoms with Crippen molar-refractivity contribution in [3.63, 3.8) is 0 Å². The smallest absolute Gasteiger partial charge is 0.140 e. The maximum absolute atomic E-state index is 6.21. The Kier molecular flexibility index (Phi) is 4.43. The molecule has 2 heterocycles. The molecule has 1 fully saturated rings. The summed E-state index contributed by atoms with van der Waals surface area (Å²) in [7, 11) is 0. The number of piperidine rings is 1. The Morgan fingerprint density at radius 2 is 2.06 bits per heavy atom. The van der Waals surface area contributed by atoms with Crippen LogP contribution in [0.1, 0.15) is 38.8 Å². The SMILES string of the molecule is C[C@@H]1CCC[C@H](C)N1Cc1nc(NN)ccc1Cl. The van der Waals surface area contributed by atoms with Crippen LogP contribution in [0.15, 0.2) is 12.1 Å². The van der Waals surface area contributed by atoms with Crippen LogP contribution >= 0.6 is 11.6 Å². The van der Waals surface area contributed by atoms with E-state index in [9.17, 15) is 0 Å². The Balaban J connectivity index is 2.16. The monoisotopic (exact) mass is 268 g/mol. The van der Waals surface area contributed by atoms with Gasteiger partial charge in [0.05, 0.1) is 10.7 Å². The fraction of sp³-hybridized carbons (Fsp3) is 0.615. The van der Waals surface area contributed by atoms with Crippen LogP contribution < -0.4 is 11.3 Å². The summed E-state index contributed by atoms with van der Waals surface area (Å²) < 4.78 is 0. The standard InChI is InChI=1S/C13H21ClN4/c1-9-4-3-5-10(2)18(9)8-12-11(14)6-7-13(16-12)17-15/h6-7,9-10H,3-5,8,15H2,1-2H3,(H,16,17)/t9-,10+. The molecule has 3 N–H and O–H groups in total. The Morgan fingerprint density at radius 3 is 2.67 bits per heavy atom. The van der Waals surface area contributed by atoms with Crippen LogP contribution in [0.4, 0.5) is 5.82 Å². The lowest BCUT2D eigenvalue weighted by atomic mass is 9.97. The van der Waals surface area contributed by atoms with Crippen molar-refractivity contribution in [1.82, 2.24) is 9.88 Å². The number of halogens is 1. The van der Waals surface area contributed by atoms with Gasteiger partial charge in [-0.25, -0.2) is 10.8 Å². The lowest BCUT2D eigenvalue weighted by molar-refractivity contribution is 0.0939. The van der Waals surface area contributed by atoms with Gasteiger partial charge in [0.15, 0.2) is 0 Å². The molecule has 5 heteroatoms. The predicted octanol–water partition coefficient (Wildman–Crippen LogP) is 2.78. The van der Waals surface area contributed by atoms with Crippen molar-refractivity contribution >= 4 is 17.4 Å². The van der Waals surface area contributed by atoms with Crippen molar-refractivity contribution in [2.45, 2.75) is 51.7 Å². The largest absolute Gasteiger partial charge is 0.308 e. The number of nitrogens with zero attached hydrogens (tertiary/aromatic N) is 2. The second kappa shape index (κ2) is 5.87. The number of rotatable bonds is 3. The molecule has 0 aliphatic carbocycles. The summed E-state index contributed by atoms with van der Waals surface area (Å²) in [5, 5.41) is 0.707. The van der Waals surface area contributed by atoms with Gasteiger partial charge in [-0.05, 0) is 38.8 Å². The molecule has 0 spiro atoms. The molecule has 0 aromatic carbocycles. The summed E-state index contributed by atoms with van der Waals surface area (Å²) in [6.45, 7) is 5.33. The van der Waals surface area contributed by atoms with Gasteiger partial charge in [-0.2, -0.15) is 0 Å². The van der Waals surface area contributed by atoms with Gasteiger partial charge >= 0.3 is 0 Å². The van der Waals surface area contributed by atoms with E-state index in [1.807, 2.05) is 6.07 Å². The highest BCUT2D eigenvalue weighted by Gasteiger charge is 2.25. The summed E-state index contributed by atoms with van der Waals surface area (Å²) in [5.41, 5.74) is 3.46. The van der Waals surface area contributed by atoms with Crippen LogP contribution in [0.3, 0.4) is 0 Å².